The topological polar surface area (TPSA) is 82.5 Å². The summed E-state index contributed by atoms with van der Waals surface area (Å²) in [6, 6.07) is 0.123. The molecular weight excluding hydrogens is 396 g/mol. The number of nitrogens with zero attached hydrogens (tertiary/aromatic N) is 3. The summed E-state index contributed by atoms with van der Waals surface area (Å²) < 4.78 is 23.6. The lowest BCUT2D eigenvalue weighted by Gasteiger charge is -2.40. The van der Waals surface area contributed by atoms with Crippen molar-refractivity contribution in [3.8, 4) is 0 Å². The molecule has 1 saturated heterocycles. The number of ether oxygens (including phenoxy) is 1. The summed E-state index contributed by atoms with van der Waals surface area (Å²) >= 11 is 0.292. The van der Waals surface area contributed by atoms with Gasteiger partial charge in [-0.1, -0.05) is 0 Å². The minimum Gasteiger partial charge on any atom is -0.598 e. The molecule has 1 N–H and O–H groups in total. The first-order chi connectivity index (χ1) is 13.2. The number of hydrogen-bond acceptors (Lipinski definition) is 7. The van der Waals surface area contributed by atoms with Crippen LogP contribution in [0.15, 0.2) is 4.79 Å². The lowest BCUT2D eigenvalue weighted by atomic mass is 10.1. The molecule has 0 spiro atoms. The van der Waals surface area contributed by atoms with Gasteiger partial charge in [-0.3, -0.25) is 9.36 Å². The van der Waals surface area contributed by atoms with Crippen LogP contribution in [0.2, 0.25) is 0 Å². The fraction of sp³-hybridized carbons (Fsp3) is 0.684. The van der Waals surface area contributed by atoms with E-state index in [2.05, 4.69) is 9.62 Å². The van der Waals surface area contributed by atoms with E-state index in [4.69, 9.17) is 9.72 Å². The maximum Gasteiger partial charge on any atom is 0.272 e. The number of fused-ring (bicyclic) bond motifs is 4. The van der Waals surface area contributed by atoms with Gasteiger partial charge in [0, 0.05) is 34.9 Å². The second kappa shape index (κ2) is 7.28. The molecule has 0 radical (unpaired) electrons. The van der Waals surface area contributed by atoms with Gasteiger partial charge in [0.2, 0.25) is 5.95 Å². The summed E-state index contributed by atoms with van der Waals surface area (Å²) in [5.41, 5.74) is 1.76. The van der Waals surface area contributed by atoms with Gasteiger partial charge in [-0.2, -0.15) is 0 Å². The van der Waals surface area contributed by atoms with Gasteiger partial charge in [0.25, 0.3) is 5.56 Å². The monoisotopic (exact) mass is 424 g/mol. The molecule has 4 rings (SSSR count). The molecule has 3 atom stereocenters. The van der Waals surface area contributed by atoms with Crippen molar-refractivity contribution in [2.24, 2.45) is 0 Å². The number of hydrogen-bond donors (Lipinski definition) is 1. The molecule has 2 aromatic heterocycles. The number of thiophene rings is 1. The fourth-order valence-corrected chi connectivity index (χ4v) is 5.87. The summed E-state index contributed by atoms with van der Waals surface area (Å²) in [4.78, 5) is 21.5. The van der Waals surface area contributed by atoms with Crippen LogP contribution >= 0.6 is 11.3 Å². The Bertz CT molecular complexity index is 949. The lowest BCUT2D eigenvalue weighted by molar-refractivity contribution is 0.0844. The highest BCUT2D eigenvalue weighted by atomic mass is 32.2. The van der Waals surface area contributed by atoms with Crippen LogP contribution in [0.25, 0.3) is 10.2 Å². The van der Waals surface area contributed by atoms with Crippen molar-refractivity contribution < 1.29 is 9.29 Å². The maximum atomic E-state index is 13.2. The van der Waals surface area contributed by atoms with Crippen LogP contribution in [-0.4, -0.2) is 44.7 Å². The molecule has 1 fully saturated rings. The molecule has 2 aliphatic heterocycles. The van der Waals surface area contributed by atoms with E-state index in [1.165, 1.54) is 11.3 Å². The van der Waals surface area contributed by atoms with Gasteiger partial charge >= 0.3 is 0 Å². The minimum atomic E-state index is -1.20. The van der Waals surface area contributed by atoms with Gasteiger partial charge < -0.3 is 14.2 Å². The Morgan fingerprint density at radius 2 is 2.14 bits per heavy atom. The van der Waals surface area contributed by atoms with E-state index >= 15 is 0 Å². The Balaban J connectivity index is 1.80. The minimum absolute atomic E-state index is 0.0356. The quantitative estimate of drug-likeness (QED) is 0.763. The third-order valence-electron chi connectivity index (χ3n) is 5.44. The Labute approximate surface area is 172 Å². The number of anilines is 1. The first-order valence-electron chi connectivity index (χ1n) is 9.74. The smallest absolute Gasteiger partial charge is 0.272 e. The molecule has 1 unspecified atom stereocenters. The zero-order valence-corrected chi connectivity index (χ0v) is 18.7. The highest BCUT2D eigenvalue weighted by molar-refractivity contribution is 7.90. The zero-order chi connectivity index (χ0) is 20.2. The molecule has 28 heavy (non-hydrogen) atoms. The molecular formula is C19H28N4O3S2. The van der Waals surface area contributed by atoms with E-state index in [-0.39, 0.29) is 22.4 Å². The van der Waals surface area contributed by atoms with Crippen molar-refractivity contribution in [2.45, 2.75) is 64.4 Å². The fourth-order valence-electron chi connectivity index (χ4n) is 3.94. The lowest BCUT2D eigenvalue weighted by Crippen LogP contribution is -2.51. The van der Waals surface area contributed by atoms with Gasteiger partial charge in [0.15, 0.2) is 0 Å². The van der Waals surface area contributed by atoms with Gasteiger partial charge in [-0.15, -0.1) is 16.1 Å². The molecule has 2 aromatic rings. The van der Waals surface area contributed by atoms with E-state index < -0.39 is 11.4 Å². The van der Waals surface area contributed by atoms with Crippen LogP contribution in [-0.2, 0) is 22.6 Å². The van der Waals surface area contributed by atoms with E-state index in [0.29, 0.717) is 24.5 Å². The highest BCUT2D eigenvalue weighted by Crippen LogP contribution is 2.35. The Hall–Kier alpha value is -1.13. The van der Waals surface area contributed by atoms with Crippen LogP contribution in [0.1, 0.15) is 50.6 Å². The summed E-state index contributed by atoms with van der Waals surface area (Å²) in [7, 11) is 0. The van der Waals surface area contributed by atoms with Crippen molar-refractivity contribution in [1.82, 2.24) is 14.3 Å². The molecule has 7 nitrogen and oxygen atoms in total. The van der Waals surface area contributed by atoms with Crippen molar-refractivity contribution in [1.29, 1.82) is 0 Å². The Morgan fingerprint density at radius 1 is 1.39 bits per heavy atom. The predicted molar refractivity (Wildman–Crippen MR) is 115 cm³/mol. The molecule has 0 amide bonds. The second-order valence-corrected chi connectivity index (χ2v) is 11.8. The highest BCUT2D eigenvalue weighted by Gasteiger charge is 2.34. The van der Waals surface area contributed by atoms with Crippen molar-refractivity contribution in [3.05, 3.63) is 20.8 Å². The standard InChI is InChI=1S/C19H28N4O3S2/c1-11(21-28(25)19(3,4)5)14-12(2)27-16-15(14)20-18-22-8-9-26-10-13(22)6-7-23(18)17(16)24/h11,13,21H,6-10H2,1-5H3/t11-,13+,28?/m1/s1. The zero-order valence-electron chi connectivity index (χ0n) is 17.1. The molecule has 4 heterocycles. The van der Waals surface area contributed by atoms with E-state index in [1.807, 2.05) is 39.2 Å². The summed E-state index contributed by atoms with van der Waals surface area (Å²) in [6.45, 7) is 12.6. The Kier molecular flexibility index (Phi) is 5.24. The molecule has 154 valence electrons. The molecule has 9 heteroatoms. The normalized spacial score (nSPS) is 22.1. The number of aryl methyl sites for hydroxylation is 1. The largest absolute Gasteiger partial charge is 0.598 e. The summed E-state index contributed by atoms with van der Waals surface area (Å²) in [5, 5.41) is 0. The first kappa shape index (κ1) is 20.2. The van der Waals surface area contributed by atoms with Gasteiger partial charge in [-0.05, 0) is 41.0 Å². The number of nitrogens with one attached hydrogen (secondary N) is 1. The van der Waals surface area contributed by atoms with E-state index in [1.54, 1.807) is 0 Å². The van der Waals surface area contributed by atoms with Crippen molar-refractivity contribution >= 4 is 38.9 Å². The molecule has 0 aromatic carbocycles. The molecule has 0 saturated carbocycles. The van der Waals surface area contributed by atoms with Crippen LogP contribution in [0.5, 0.6) is 0 Å². The second-order valence-electron chi connectivity index (χ2n) is 8.55. The average Bonchev–Trinajstić information content (AvgIpc) is 2.97. The molecule has 0 aliphatic carbocycles. The van der Waals surface area contributed by atoms with E-state index in [9.17, 15) is 9.35 Å². The van der Waals surface area contributed by atoms with Crippen LogP contribution < -0.4 is 15.2 Å². The SMILES string of the molecule is Cc1sc2c(=O)n3c(nc2c1[C@@H](C)N[S+]([O-])C(C)(C)C)N1CCOC[C@@H]1CC3. The molecule has 2 aliphatic rings. The number of rotatable bonds is 3. The summed E-state index contributed by atoms with van der Waals surface area (Å²) in [5.74, 6) is 0.750. The first-order valence-corrected chi connectivity index (χ1v) is 11.7. The molecule has 0 bridgehead atoms. The van der Waals surface area contributed by atoms with Crippen molar-refractivity contribution in [3.63, 3.8) is 0 Å². The van der Waals surface area contributed by atoms with Crippen LogP contribution in [0.3, 0.4) is 0 Å². The van der Waals surface area contributed by atoms with Gasteiger partial charge in [-0.25, -0.2) is 4.98 Å². The van der Waals surface area contributed by atoms with Gasteiger partial charge in [0.1, 0.15) is 9.45 Å². The number of aromatic nitrogens is 2. The van der Waals surface area contributed by atoms with Gasteiger partial charge in [0.05, 0.1) is 30.8 Å². The maximum absolute atomic E-state index is 13.2. The predicted octanol–water partition coefficient (Wildman–Crippen LogP) is 2.49. The Morgan fingerprint density at radius 3 is 2.86 bits per heavy atom. The number of morpholine rings is 1. The van der Waals surface area contributed by atoms with E-state index in [0.717, 1.165) is 34.9 Å². The van der Waals surface area contributed by atoms with Crippen LogP contribution in [0.4, 0.5) is 5.95 Å². The average molecular weight is 425 g/mol. The summed E-state index contributed by atoms with van der Waals surface area (Å²) in [6.07, 6.45) is 0.903. The third kappa shape index (κ3) is 3.37. The van der Waals surface area contributed by atoms with Crippen molar-refractivity contribution in [2.75, 3.05) is 24.7 Å². The van der Waals surface area contributed by atoms with Crippen LogP contribution in [0, 0.1) is 6.92 Å². The third-order valence-corrected chi connectivity index (χ3v) is 8.22.